The van der Waals surface area contributed by atoms with Gasteiger partial charge in [0.15, 0.2) is 0 Å². The fourth-order valence-corrected chi connectivity index (χ4v) is 4.50. The number of likely N-dealkylation sites (tertiary alicyclic amines) is 1. The van der Waals surface area contributed by atoms with Gasteiger partial charge < -0.3 is 20.5 Å². The molecule has 182 valence electrons. The Hall–Kier alpha value is -3.23. The van der Waals surface area contributed by atoms with Crippen molar-refractivity contribution in [2.24, 2.45) is 11.7 Å². The molecular formula is C26H35N5O3. The lowest BCUT2D eigenvalue weighted by atomic mass is 9.95. The van der Waals surface area contributed by atoms with Gasteiger partial charge in [0.1, 0.15) is 5.84 Å². The minimum atomic E-state index is -0.408. The highest BCUT2D eigenvalue weighted by Gasteiger charge is 2.22. The molecule has 1 aliphatic heterocycles. The molecule has 8 heteroatoms. The third-order valence-electron chi connectivity index (χ3n) is 6.35. The maximum atomic E-state index is 12.4. The van der Waals surface area contributed by atoms with E-state index in [0.717, 1.165) is 49.2 Å². The van der Waals surface area contributed by atoms with Gasteiger partial charge in [0, 0.05) is 38.3 Å². The average Bonchev–Trinajstić information content (AvgIpc) is 2.83. The van der Waals surface area contributed by atoms with Crippen LogP contribution in [0.5, 0.6) is 0 Å². The molecule has 34 heavy (non-hydrogen) atoms. The van der Waals surface area contributed by atoms with Crippen molar-refractivity contribution in [2.75, 3.05) is 39.9 Å². The van der Waals surface area contributed by atoms with Crippen LogP contribution in [0.4, 0.5) is 0 Å². The second-order valence-electron chi connectivity index (χ2n) is 8.88. The number of nitrogen functional groups attached to an aromatic ring is 1. The minimum absolute atomic E-state index is 0.00965. The number of carbonyl (C=O) groups is 1. The number of amidine groups is 2. The molecular weight excluding hydrogens is 430 g/mol. The van der Waals surface area contributed by atoms with Gasteiger partial charge in [-0.25, -0.2) is 4.79 Å². The van der Waals surface area contributed by atoms with Gasteiger partial charge in [-0.05, 0) is 66.6 Å². The number of methoxy groups -OCH3 is 1. The molecule has 0 saturated carbocycles. The van der Waals surface area contributed by atoms with E-state index in [1.807, 2.05) is 37.3 Å². The van der Waals surface area contributed by atoms with Crippen LogP contribution in [-0.2, 0) is 11.3 Å². The molecule has 5 N–H and O–H groups in total. The van der Waals surface area contributed by atoms with Crippen molar-refractivity contribution >= 4 is 17.6 Å². The third kappa shape index (κ3) is 6.65. The highest BCUT2D eigenvalue weighted by Crippen LogP contribution is 2.26. The number of aliphatic hydroxyl groups excluding tert-OH is 1. The second kappa shape index (κ2) is 11.8. The van der Waals surface area contributed by atoms with Gasteiger partial charge in [-0.1, -0.05) is 18.2 Å². The molecule has 1 heterocycles. The molecule has 3 rings (SSSR count). The van der Waals surface area contributed by atoms with Gasteiger partial charge in [0.25, 0.3) is 0 Å². The van der Waals surface area contributed by atoms with E-state index < -0.39 is 5.97 Å². The number of esters is 1. The number of nitrogens with zero attached hydrogens (tertiary/aromatic N) is 2. The highest BCUT2D eigenvalue weighted by atomic mass is 16.5. The summed E-state index contributed by atoms with van der Waals surface area (Å²) in [5, 5.41) is 25.2. The maximum absolute atomic E-state index is 12.4. The maximum Gasteiger partial charge on any atom is 0.337 e. The second-order valence-corrected chi connectivity index (χ2v) is 8.88. The number of rotatable bonds is 9. The van der Waals surface area contributed by atoms with Gasteiger partial charge in [-0.2, -0.15) is 0 Å². The summed E-state index contributed by atoms with van der Waals surface area (Å²) in [6, 6.07) is 13.1. The van der Waals surface area contributed by atoms with Crippen LogP contribution >= 0.6 is 0 Å². The monoisotopic (exact) mass is 465 g/mol. The molecule has 1 aliphatic rings. The summed E-state index contributed by atoms with van der Waals surface area (Å²) in [5.74, 6) is 0.697. The lowest BCUT2D eigenvalue weighted by Gasteiger charge is -2.35. The first-order chi connectivity index (χ1) is 16.3. The van der Waals surface area contributed by atoms with E-state index >= 15 is 0 Å². The first-order valence-corrected chi connectivity index (χ1v) is 11.6. The van der Waals surface area contributed by atoms with E-state index in [0.29, 0.717) is 36.0 Å². The standard InChI is InChI=1S/C26H35N5O3/c1-18(27)31-8-6-19(7-9-31)16-30(10-11-32)17-20-12-23(15-24(13-20)26(33)34-2)21-4-3-5-22(14-21)25(28)29/h3-5,12-15,19,27,32H,6-11,16-17H2,1-2H3,(H3,28,29). The first-order valence-electron chi connectivity index (χ1n) is 11.6. The topological polar surface area (TPSA) is 127 Å². The number of benzene rings is 2. The smallest absolute Gasteiger partial charge is 0.337 e. The van der Waals surface area contributed by atoms with E-state index in [9.17, 15) is 9.90 Å². The summed E-state index contributed by atoms with van der Waals surface area (Å²) in [6.45, 7) is 5.65. The molecule has 1 fully saturated rings. The van der Waals surface area contributed by atoms with Crippen molar-refractivity contribution in [1.82, 2.24) is 9.80 Å². The van der Waals surface area contributed by atoms with Crippen molar-refractivity contribution in [3.05, 3.63) is 59.2 Å². The van der Waals surface area contributed by atoms with Crippen molar-refractivity contribution in [2.45, 2.75) is 26.3 Å². The quantitative estimate of drug-likeness (QED) is 0.256. The van der Waals surface area contributed by atoms with Gasteiger partial charge in [0.05, 0.1) is 25.1 Å². The van der Waals surface area contributed by atoms with Crippen LogP contribution in [0.1, 0.15) is 41.3 Å². The lowest BCUT2D eigenvalue weighted by Crippen LogP contribution is -2.41. The molecule has 0 spiro atoms. The Morgan fingerprint density at radius 3 is 2.47 bits per heavy atom. The molecule has 0 unspecified atom stereocenters. The summed E-state index contributed by atoms with van der Waals surface area (Å²) in [5.41, 5.74) is 9.41. The number of nitrogens with one attached hydrogen (secondary N) is 2. The normalized spacial score (nSPS) is 14.3. The molecule has 8 nitrogen and oxygen atoms in total. The van der Waals surface area contributed by atoms with Gasteiger partial charge in [0.2, 0.25) is 0 Å². The third-order valence-corrected chi connectivity index (χ3v) is 6.35. The van der Waals surface area contributed by atoms with E-state index in [-0.39, 0.29) is 12.4 Å². The SMILES string of the molecule is COC(=O)c1cc(CN(CCO)CC2CCN(C(C)=N)CC2)cc(-c2cccc(C(=N)N)c2)c1. The summed E-state index contributed by atoms with van der Waals surface area (Å²) >= 11 is 0. The van der Waals surface area contributed by atoms with Gasteiger partial charge >= 0.3 is 5.97 Å². The zero-order valence-electron chi connectivity index (χ0n) is 20.0. The number of carbonyl (C=O) groups excluding carboxylic acids is 1. The Balaban J connectivity index is 1.84. The van der Waals surface area contributed by atoms with Crippen LogP contribution in [0.2, 0.25) is 0 Å². The van der Waals surface area contributed by atoms with Crippen LogP contribution in [0.15, 0.2) is 42.5 Å². The Bertz CT molecular complexity index is 1030. The van der Waals surface area contributed by atoms with Crippen molar-refractivity contribution in [3.8, 4) is 11.1 Å². The van der Waals surface area contributed by atoms with Crippen LogP contribution in [0.25, 0.3) is 11.1 Å². The van der Waals surface area contributed by atoms with Gasteiger partial charge in [-0.15, -0.1) is 0 Å². The molecule has 1 saturated heterocycles. The van der Waals surface area contributed by atoms with Crippen molar-refractivity contribution in [3.63, 3.8) is 0 Å². The Kier molecular flexibility index (Phi) is 8.79. The van der Waals surface area contributed by atoms with Crippen molar-refractivity contribution < 1.29 is 14.6 Å². The molecule has 0 bridgehead atoms. The van der Waals surface area contributed by atoms with Crippen LogP contribution in [0, 0.1) is 16.7 Å². The molecule has 0 aromatic heterocycles. The fraction of sp³-hybridized carbons (Fsp3) is 0.423. The minimum Gasteiger partial charge on any atom is -0.465 e. The first kappa shape index (κ1) is 25.4. The Labute approximate surface area is 201 Å². The van der Waals surface area contributed by atoms with E-state index in [4.69, 9.17) is 21.3 Å². The van der Waals surface area contributed by atoms with E-state index in [2.05, 4.69) is 9.80 Å². The molecule has 0 aliphatic carbocycles. The summed E-state index contributed by atoms with van der Waals surface area (Å²) in [7, 11) is 1.37. The number of piperidine rings is 1. The van der Waals surface area contributed by atoms with E-state index in [1.54, 1.807) is 12.1 Å². The molecule has 0 radical (unpaired) electrons. The Morgan fingerprint density at radius 2 is 1.85 bits per heavy atom. The van der Waals surface area contributed by atoms with Crippen molar-refractivity contribution in [1.29, 1.82) is 10.8 Å². The van der Waals surface area contributed by atoms with Crippen LogP contribution < -0.4 is 5.73 Å². The van der Waals surface area contributed by atoms with Gasteiger partial charge in [-0.3, -0.25) is 15.7 Å². The van der Waals surface area contributed by atoms with E-state index in [1.165, 1.54) is 7.11 Å². The molecule has 0 atom stereocenters. The number of aliphatic hydroxyl groups is 1. The predicted octanol–water partition coefficient (Wildman–Crippen LogP) is 2.93. The zero-order chi connectivity index (χ0) is 24.7. The molecule has 2 aromatic rings. The lowest BCUT2D eigenvalue weighted by molar-refractivity contribution is 0.0600. The predicted molar refractivity (Wildman–Crippen MR) is 134 cm³/mol. The van der Waals surface area contributed by atoms with Crippen LogP contribution in [-0.4, -0.2) is 72.4 Å². The average molecular weight is 466 g/mol. The highest BCUT2D eigenvalue weighted by molar-refractivity contribution is 5.96. The number of hydrogen-bond acceptors (Lipinski definition) is 6. The van der Waals surface area contributed by atoms with Crippen LogP contribution in [0.3, 0.4) is 0 Å². The summed E-state index contributed by atoms with van der Waals surface area (Å²) < 4.78 is 4.98. The summed E-state index contributed by atoms with van der Waals surface area (Å²) in [4.78, 5) is 16.7. The summed E-state index contributed by atoms with van der Waals surface area (Å²) in [6.07, 6.45) is 2.03. The molecule has 0 amide bonds. The number of hydrogen-bond donors (Lipinski definition) is 4. The molecule has 2 aromatic carbocycles. The fourth-order valence-electron chi connectivity index (χ4n) is 4.50. The largest absolute Gasteiger partial charge is 0.465 e. The zero-order valence-corrected chi connectivity index (χ0v) is 20.0. The Morgan fingerprint density at radius 1 is 1.15 bits per heavy atom. The number of nitrogens with two attached hydrogens (primary N) is 1. The number of ether oxygens (including phenoxy) is 1.